The molecule has 2 aliphatic rings. The van der Waals surface area contributed by atoms with E-state index in [-0.39, 0.29) is 0 Å². The summed E-state index contributed by atoms with van der Waals surface area (Å²) in [6.07, 6.45) is 5.82. The van der Waals surface area contributed by atoms with Gasteiger partial charge in [0.15, 0.2) is 8.32 Å². The molecule has 0 radical (unpaired) electrons. The van der Waals surface area contributed by atoms with Gasteiger partial charge in [0.05, 0.1) is 13.2 Å². The van der Waals surface area contributed by atoms with Gasteiger partial charge in [-0.05, 0) is 38.4 Å². The number of epoxide rings is 1. The minimum absolute atomic E-state index is 0.400. The van der Waals surface area contributed by atoms with Crippen LogP contribution in [-0.4, -0.2) is 40.3 Å². The molecule has 3 nitrogen and oxygen atoms in total. The fourth-order valence-electron chi connectivity index (χ4n) is 2.32. The summed E-state index contributed by atoms with van der Waals surface area (Å²) in [5, 5.41) is 0. The first kappa shape index (κ1) is 12.6. The molecule has 2 heterocycles. The van der Waals surface area contributed by atoms with Crippen molar-refractivity contribution in [3.63, 3.8) is 0 Å². The van der Waals surface area contributed by atoms with Gasteiger partial charge in [0.2, 0.25) is 0 Å². The lowest BCUT2D eigenvalue weighted by Crippen LogP contribution is -2.39. The van der Waals surface area contributed by atoms with E-state index < -0.39 is 8.32 Å². The van der Waals surface area contributed by atoms with Gasteiger partial charge in [0, 0.05) is 12.7 Å². The largest absolute Gasteiger partial charge is 0.414 e. The summed E-state index contributed by atoms with van der Waals surface area (Å²) in [4.78, 5) is 0. The maximum atomic E-state index is 6.17. The molecule has 2 fully saturated rings. The van der Waals surface area contributed by atoms with Crippen LogP contribution in [-0.2, 0) is 13.9 Å². The maximum Gasteiger partial charge on any atom is 0.187 e. The van der Waals surface area contributed by atoms with Crippen molar-refractivity contribution in [2.75, 3.05) is 19.8 Å². The first-order valence-electron chi connectivity index (χ1n) is 6.53. The summed E-state index contributed by atoms with van der Waals surface area (Å²) < 4.78 is 16.8. The van der Waals surface area contributed by atoms with Crippen LogP contribution in [0.5, 0.6) is 0 Å². The molecular formula is C12H24O3Si. The molecule has 0 aromatic carbocycles. The molecule has 94 valence electrons. The van der Waals surface area contributed by atoms with Crippen molar-refractivity contribution in [3.8, 4) is 0 Å². The standard InChI is InChI=1S/C12H24O3Si/c1-16(2)8-4-6-11(15-16)5-3-7-13-9-12-10-14-12/h11-12H,3-10H2,1-2H3. The number of hydrogen-bond acceptors (Lipinski definition) is 3. The topological polar surface area (TPSA) is 31.0 Å². The highest BCUT2D eigenvalue weighted by molar-refractivity contribution is 6.71. The average molecular weight is 244 g/mol. The average Bonchev–Trinajstić information content (AvgIpc) is 2.99. The molecule has 2 unspecified atom stereocenters. The number of rotatable bonds is 6. The fourth-order valence-corrected chi connectivity index (χ4v) is 4.63. The minimum atomic E-state index is -1.29. The lowest BCUT2D eigenvalue weighted by molar-refractivity contribution is 0.0934. The molecule has 0 bridgehead atoms. The van der Waals surface area contributed by atoms with Crippen molar-refractivity contribution >= 4 is 8.32 Å². The van der Waals surface area contributed by atoms with E-state index in [2.05, 4.69) is 13.1 Å². The van der Waals surface area contributed by atoms with Crippen molar-refractivity contribution in [2.24, 2.45) is 0 Å². The first-order chi connectivity index (χ1) is 7.66. The molecule has 16 heavy (non-hydrogen) atoms. The minimum Gasteiger partial charge on any atom is -0.414 e. The van der Waals surface area contributed by atoms with Crippen molar-refractivity contribution in [1.29, 1.82) is 0 Å². The molecule has 2 aliphatic heterocycles. The summed E-state index contributed by atoms with van der Waals surface area (Å²) >= 11 is 0. The third-order valence-electron chi connectivity index (χ3n) is 3.31. The van der Waals surface area contributed by atoms with E-state index >= 15 is 0 Å². The maximum absolute atomic E-state index is 6.17. The van der Waals surface area contributed by atoms with Crippen LogP contribution in [0.2, 0.25) is 19.1 Å². The molecule has 0 aromatic heterocycles. The smallest absolute Gasteiger partial charge is 0.187 e. The molecule has 2 atom stereocenters. The molecular weight excluding hydrogens is 220 g/mol. The Morgan fingerprint density at radius 1 is 1.31 bits per heavy atom. The molecule has 0 N–H and O–H groups in total. The third kappa shape index (κ3) is 4.53. The van der Waals surface area contributed by atoms with Crippen LogP contribution < -0.4 is 0 Å². The Bertz CT molecular complexity index is 216. The van der Waals surface area contributed by atoms with E-state index in [9.17, 15) is 0 Å². The zero-order chi connectivity index (χ0) is 11.4. The molecule has 0 spiro atoms. The second kappa shape index (κ2) is 5.62. The second-order valence-electron chi connectivity index (χ2n) is 5.56. The van der Waals surface area contributed by atoms with Crippen molar-refractivity contribution in [2.45, 2.75) is 57.0 Å². The van der Waals surface area contributed by atoms with E-state index in [0.29, 0.717) is 12.2 Å². The Balaban J connectivity index is 1.51. The zero-order valence-corrected chi connectivity index (χ0v) is 11.5. The van der Waals surface area contributed by atoms with Crippen LogP contribution in [0.25, 0.3) is 0 Å². The van der Waals surface area contributed by atoms with Crippen LogP contribution in [0.15, 0.2) is 0 Å². The summed E-state index contributed by atoms with van der Waals surface area (Å²) in [6, 6.07) is 1.33. The second-order valence-corrected chi connectivity index (χ2v) is 9.82. The summed E-state index contributed by atoms with van der Waals surface area (Å²) in [5.41, 5.74) is 0. The van der Waals surface area contributed by atoms with E-state index in [0.717, 1.165) is 26.2 Å². The van der Waals surface area contributed by atoms with Crippen LogP contribution in [0.1, 0.15) is 25.7 Å². The van der Waals surface area contributed by atoms with Gasteiger partial charge in [-0.2, -0.15) is 0 Å². The van der Waals surface area contributed by atoms with Crippen molar-refractivity contribution < 1.29 is 13.9 Å². The van der Waals surface area contributed by atoms with E-state index in [1.807, 2.05) is 0 Å². The Hall–Kier alpha value is 0.0969. The summed E-state index contributed by atoms with van der Waals surface area (Å²) in [5.74, 6) is 0. The van der Waals surface area contributed by atoms with Gasteiger partial charge in [-0.1, -0.05) is 6.42 Å². The molecule has 0 saturated carbocycles. The fraction of sp³-hybridized carbons (Fsp3) is 1.00. The van der Waals surface area contributed by atoms with Crippen LogP contribution in [0, 0.1) is 0 Å². The van der Waals surface area contributed by atoms with E-state index in [4.69, 9.17) is 13.9 Å². The number of ether oxygens (including phenoxy) is 2. The lowest BCUT2D eigenvalue weighted by Gasteiger charge is -2.34. The Morgan fingerprint density at radius 3 is 2.81 bits per heavy atom. The number of hydrogen-bond donors (Lipinski definition) is 0. The SMILES string of the molecule is C[Si]1(C)CCCC(CCCOCC2CO2)O1. The van der Waals surface area contributed by atoms with Gasteiger partial charge in [-0.3, -0.25) is 0 Å². The van der Waals surface area contributed by atoms with Crippen molar-refractivity contribution in [3.05, 3.63) is 0 Å². The van der Waals surface area contributed by atoms with E-state index in [1.165, 1.54) is 25.3 Å². The highest BCUT2D eigenvalue weighted by atomic mass is 28.4. The highest BCUT2D eigenvalue weighted by Gasteiger charge is 2.30. The van der Waals surface area contributed by atoms with Gasteiger partial charge in [-0.25, -0.2) is 0 Å². The van der Waals surface area contributed by atoms with Crippen LogP contribution in [0.4, 0.5) is 0 Å². The Labute approximate surface area is 99.6 Å². The molecule has 2 rings (SSSR count). The van der Waals surface area contributed by atoms with Gasteiger partial charge < -0.3 is 13.9 Å². The third-order valence-corrected chi connectivity index (χ3v) is 5.84. The Kier molecular flexibility index (Phi) is 4.41. The van der Waals surface area contributed by atoms with Gasteiger partial charge in [0.25, 0.3) is 0 Å². The lowest BCUT2D eigenvalue weighted by atomic mass is 10.1. The van der Waals surface area contributed by atoms with Crippen LogP contribution >= 0.6 is 0 Å². The molecule has 0 amide bonds. The van der Waals surface area contributed by atoms with Crippen LogP contribution in [0.3, 0.4) is 0 Å². The van der Waals surface area contributed by atoms with Crippen molar-refractivity contribution in [1.82, 2.24) is 0 Å². The van der Waals surface area contributed by atoms with Gasteiger partial charge in [0.1, 0.15) is 6.10 Å². The zero-order valence-electron chi connectivity index (χ0n) is 10.5. The quantitative estimate of drug-likeness (QED) is 0.409. The molecule has 0 aromatic rings. The Morgan fingerprint density at radius 2 is 2.12 bits per heavy atom. The normalized spacial score (nSPS) is 32.6. The van der Waals surface area contributed by atoms with Gasteiger partial charge in [-0.15, -0.1) is 0 Å². The molecule has 4 heteroatoms. The molecule has 0 aliphatic carbocycles. The monoisotopic (exact) mass is 244 g/mol. The molecule has 2 saturated heterocycles. The van der Waals surface area contributed by atoms with E-state index in [1.54, 1.807) is 0 Å². The predicted octanol–water partition coefficient (Wildman–Crippen LogP) is 2.57. The van der Waals surface area contributed by atoms with Gasteiger partial charge >= 0.3 is 0 Å². The summed E-state index contributed by atoms with van der Waals surface area (Å²) in [7, 11) is -1.29. The summed E-state index contributed by atoms with van der Waals surface area (Å²) in [6.45, 7) is 7.21. The highest BCUT2D eigenvalue weighted by Crippen LogP contribution is 2.27. The predicted molar refractivity (Wildman–Crippen MR) is 66.2 cm³/mol. The first-order valence-corrected chi connectivity index (χ1v) is 9.64.